The van der Waals surface area contributed by atoms with Crippen LogP contribution in [0.15, 0.2) is 22.6 Å². The molecular formula is C16H15F2N3O2. The van der Waals surface area contributed by atoms with Gasteiger partial charge in [-0.3, -0.25) is 4.79 Å². The van der Waals surface area contributed by atoms with Crippen molar-refractivity contribution >= 4 is 5.91 Å². The van der Waals surface area contributed by atoms with E-state index in [9.17, 15) is 13.6 Å². The van der Waals surface area contributed by atoms with Crippen LogP contribution < -0.4 is 0 Å². The fourth-order valence-electron chi connectivity index (χ4n) is 3.06. The number of hydrogen-bond donors (Lipinski definition) is 0. The lowest BCUT2D eigenvalue weighted by atomic mass is 10.1. The van der Waals surface area contributed by atoms with Gasteiger partial charge in [-0.15, -0.1) is 10.2 Å². The van der Waals surface area contributed by atoms with Crippen LogP contribution >= 0.6 is 0 Å². The van der Waals surface area contributed by atoms with Gasteiger partial charge in [0.1, 0.15) is 0 Å². The number of aromatic nitrogens is 2. The van der Waals surface area contributed by atoms with Crippen molar-refractivity contribution in [1.82, 2.24) is 15.1 Å². The largest absolute Gasteiger partial charge is 0.415 e. The number of alkyl halides is 2. The van der Waals surface area contributed by atoms with Crippen molar-refractivity contribution in [3.05, 3.63) is 35.2 Å². The highest BCUT2D eigenvalue weighted by Gasteiger charge is 2.38. The number of fused-ring (bicyclic) bond motifs is 1. The van der Waals surface area contributed by atoms with Gasteiger partial charge in [-0.05, 0) is 43.4 Å². The van der Waals surface area contributed by atoms with Gasteiger partial charge in [0, 0.05) is 23.7 Å². The van der Waals surface area contributed by atoms with Gasteiger partial charge in [0.25, 0.3) is 11.8 Å². The van der Waals surface area contributed by atoms with Crippen LogP contribution in [0.5, 0.6) is 0 Å². The SMILES string of the molecule is C[C@H](C1CC1)N1Cc2ccc(-c3nnc(C(F)F)o3)cc2C1=O. The molecule has 0 bridgehead atoms. The van der Waals surface area contributed by atoms with E-state index in [1.165, 1.54) is 12.8 Å². The number of amides is 1. The Hall–Kier alpha value is -2.31. The van der Waals surface area contributed by atoms with Gasteiger partial charge >= 0.3 is 6.43 Å². The third kappa shape index (κ3) is 2.40. The molecule has 2 heterocycles. The molecule has 120 valence electrons. The first-order valence-electron chi connectivity index (χ1n) is 7.60. The van der Waals surface area contributed by atoms with Gasteiger partial charge in [-0.1, -0.05) is 6.07 Å². The first kappa shape index (κ1) is 14.3. The van der Waals surface area contributed by atoms with E-state index in [1.54, 1.807) is 12.1 Å². The summed E-state index contributed by atoms with van der Waals surface area (Å²) in [6.07, 6.45) is -0.460. The smallest absolute Gasteiger partial charge is 0.314 e. The minimum Gasteiger partial charge on any atom is -0.415 e. The summed E-state index contributed by atoms with van der Waals surface area (Å²) >= 11 is 0. The van der Waals surface area contributed by atoms with E-state index in [0.717, 1.165) is 5.56 Å². The maximum absolute atomic E-state index is 12.6. The molecule has 0 spiro atoms. The molecule has 0 radical (unpaired) electrons. The quantitative estimate of drug-likeness (QED) is 0.866. The minimum atomic E-state index is -2.80. The van der Waals surface area contributed by atoms with Gasteiger partial charge in [-0.2, -0.15) is 8.78 Å². The molecule has 0 saturated heterocycles. The summed E-state index contributed by atoms with van der Waals surface area (Å²) in [7, 11) is 0. The van der Waals surface area contributed by atoms with Crippen molar-refractivity contribution in [3.8, 4) is 11.5 Å². The normalized spacial score (nSPS) is 18.6. The van der Waals surface area contributed by atoms with E-state index in [-0.39, 0.29) is 17.8 Å². The van der Waals surface area contributed by atoms with Crippen LogP contribution in [-0.4, -0.2) is 27.0 Å². The van der Waals surface area contributed by atoms with E-state index >= 15 is 0 Å². The number of carbonyl (C=O) groups excluding carboxylic acids is 1. The minimum absolute atomic E-state index is 0.00425. The summed E-state index contributed by atoms with van der Waals surface area (Å²) < 4.78 is 30.0. The van der Waals surface area contributed by atoms with Crippen molar-refractivity contribution in [2.45, 2.75) is 38.8 Å². The molecule has 23 heavy (non-hydrogen) atoms. The van der Waals surface area contributed by atoms with Gasteiger partial charge < -0.3 is 9.32 Å². The van der Waals surface area contributed by atoms with Gasteiger partial charge in [0.05, 0.1) is 0 Å². The molecule has 0 N–H and O–H groups in total. The Morgan fingerprint density at radius 2 is 2.09 bits per heavy atom. The molecular weight excluding hydrogens is 304 g/mol. The standard InChI is InChI=1S/C16H15F2N3O2/c1-8(9-2-3-9)21-7-11-5-4-10(6-12(11)16(21)22)14-19-20-15(23-14)13(17)18/h4-6,8-9,13H,2-3,7H2,1H3/t8-/m1/s1. The molecule has 1 saturated carbocycles. The molecule has 2 aliphatic rings. The van der Waals surface area contributed by atoms with Gasteiger partial charge in [-0.25, -0.2) is 0 Å². The zero-order chi connectivity index (χ0) is 16.1. The molecule has 1 atom stereocenters. The number of rotatable bonds is 4. The lowest BCUT2D eigenvalue weighted by Crippen LogP contribution is -2.34. The van der Waals surface area contributed by atoms with Crippen molar-refractivity contribution in [2.24, 2.45) is 5.92 Å². The Morgan fingerprint density at radius 1 is 1.30 bits per heavy atom. The number of hydrogen-bond acceptors (Lipinski definition) is 4. The summed E-state index contributed by atoms with van der Waals surface area (Å²) in [5, 5.41) is 6.95. The molecule has 1 aliphatic heterocycles. The fraction of sp³-hybridized carbons (Fsp3) is 0.438. The first-order chi connectivity index (χ1) is 11.0. The lowest BCUT2D eigenvalue weighted by molar-refractivity contribution is 0.0697. The van der Waals surface area contributed by atoms with E-state index < -0.39 is 12.3 Å². The fourth-order valence-corrected chi connectivity index (χ4v) is 3.06. The number of halogens is 2. The molecule has 2 aromatic rings. The summed E-state index contributed by atoms with van der Waals surface area (Å²) in [6.45, 7) is 2.67. The zero-order valence-electron chi connectivity index (χ0n) is 12.5. The predicted octanol–water partition coefficient (Wildman–Crippen LogP) is 3.43. The summed E-state index contributed by atoms with van der Waals surface area (Å²) in [5.41, 5.74) is 2.02. The van der Waals surface area contributed by atoms with Crippen LogP contribution in [0.4, 0.5) is 8.78 Å². The second-order valence-corrected chi connectivity index (χ2v) is 6.13. The highest BCUT2D eigenvalue weighted by atomic mass is 19.3. The third-order valence-electron chi connectivity index (χ3n) is 4.61. The summed E-state index contributed by atoms with van der Waals surface area (Å²) in [4.78, 5) is 14.5. The average Bonchev–Trinajstić information content (AvgIpc) is 3.17. The van der Waals surface area contributed by atoms with E-state index in [2.05, 4.69) is 17.1 Å². The second-order valence-electron chi connectivity index (χ2n) is 6.13. The Labute approximate surface area is 131 Å². The van der Waals surface area contributed by atoms with Crippen molar-refractivity contribution < 1.29 is 18.0 Å². The van der Waals surface area contributed by atoms with Crippen LogP contribution in [-0.2, 0) is 6.54 Å². The maximum atomic E-state index is 12.6. The molecule has 1 aliphatic carbocycles. The summed E-state index contributed by atoms with van der Waals surface area (Å²) in [5.74, 6) is -0.132. The second kappa shape index (κ2) is 5.11. The molecule has 1 aromatic heterocycles. The highest BCUT2D eigenvalue weighted by Crippen LogP contribution is 2.38. The molecule has 4 rings (SSSR count). The van der Waals surface area contributed by atoms with Crippen LogP contribution in [0.3, 0.4) is 0 Å². The molecule has 1 amide bonds. The maximum Gasteiger partial charge on any atom is 0.314 e. The Bertz CT molecular complexity index is 770. The van der Waals surface area contributed by atoms with Gasteiger partial charge in [0.2, 0.25) is 5.89 Å². The zero-order valence-corrected chi connectivity index (χ0v) is 12.5. The lowest BCUT2D eigenvalue weighted by Gasteiger charge is -2.23. The highest BCUT2D eigenvalue weighted by molar-refractivity contribution is 5.99. The number of nitrogens with zero attached hydrogens (tertiary/aromatic N) is 3. The van der Waals surface area contributed by atoms with Crippen molar-refractivity contribution in [2.75, 3.05) is 0 Å². The van der Waals surface area contributed by atoms with Crippen LogP contribution in [0.1, 0.15) is 48.0 Å². The number of benzene rings is 1. The monoisotopic (exact) mass is 319 g/mol. The molecule has 7 heteroatoms. The van der Waals surface area contributed by atoms with Crippen LogP contribution in [0.2, 0.25) is 0 Å². The molecule has 1 fully saturated rings. The van der Waals surface area contributed by atoms with Gasteiger partial charge in [0.15, 0.2) is 0 Å². The topological polar surface area (TPSA) is 59.2 Å². The van der Waals surface area contributed by atoms with Crippen molar-refractivity contribution in [3.63, 3.8) is 0 Å². The molecule has 5 nitrogen and oxygen atoms in total. The Morgan fingerprint density at radius 3 is 2.74 bits per heavy atom. The Kier molecular flexibility index (Phi) is 3.18. The van der Waals surface area contributed by atoms with Crippen LogP contribution in [0.25, 0.3) is 11.5 Å². The Balaban J connectivity index is 1.63. The predicted molar refractivity (Wildman–Crippen MR) is 76.8 cm³/mol. The van der Waals surface area contributed by atoms with Crippen molar-refractivity contribution in [1.29, 1.82) is 0 Å². The molecule has 1 aromatic carbocycles. The average molecular weight is 319 g/mol. The van der Waals surface area contributed by atoms with E-state index in [1.807, 2.05) is 11.0 Å². The van der Waals surface area contributed by atoms with Crippen LogP contribution in [0, 0.1) is 5.92 Å². The van der Waals surface area contributed by atoms with E-state index in [4.69, 9.17) is 4.42 Å². The third-order valence-corrected chi connectivity index (χ3v) is 4.61. The van der Waals surface area contributed by atoms with E-state index in [0.29, 0.717) is 23.6 Å². The summed E-state index contributed by atoms with van der Waals surface area (Å²) in [6, 6.07) is 5.43. The molecule has 0 unspecified atom stereocenters. The first-order valence-corrected chi connectivity index (χ1v) is 7.60. The number of carbonyl (C=O) groups is 1.